The van der Waals surface area contributed by atoms with Crippen LogP contribution in [0, 0.1) is 0 Å². The van der Waals surface area contributed by atoms with Crippen molar-refractivity contribution in [3.8, 4) is 11.5 Å². The number of ether oxygens (including phenoxy) is 1. The smallest absolute Gasteiger partial charge is 0.236 e. The van der Waals surface area contributed by atoms with Gasteiger partial charge in [-0.05, 0) is 38.5 Å². The number of nitrogens with zero attached hydrogens (tertiary/aromatic N) is 1. The van der Waals surface area contributed by atoms with Crippen molar-refractivity contribution in [3.63, 3.8) is 0 Å². The van der Waals surface area contributed by atoms with Crippen molar-refractivity contribution < 1.29 is 14.6 Å². The molecule has 20 heavy (non-hydrogen) atoms. The number of phenolic OH excluding ortho intramolecular Hbond substituents is 1. The van der Waals surface area contributed by atoms with Crippen LogP contribution >= 0.6 is 0 Å². The number of hydrogen-bond acceptors (Lipinski definition) is 4. The number of carbonyl (C=O) groups excluding carboxylic acids is 1. The van der Waals surface area contributed by atoms with Crippen LogP contribution in [0.2, 0.25) is 0 Å². The molecule has 0 bridgehead atoms. The van der Waals surface area contributed by atoms with E-state index in [1.165, 1.54) is 7.11 Å². The lowest BCUT2D eigenvalue weighted by Gasteiger charge is -2.23. The molecule has 0 atom stereocenters. The van der Waals surface area contributed by atoms with E-state index in [0.717, 1.165) is 5.56 Å². The monoisotopic (exact) mass is 280 g/mol. The first-order valence-corrected chi connectivity index (χ1v) is 6.58. The largest absolute Gasteiger partial charge is 0.504 e. The van der Waals surface area contributed by atoms with Gasteiger partial charge in [0.1, 0.15) is 0 Å². The summed E-state index contributed by atoms with van der Waals surface area (Å²) in [6.07, 6.45) is 0. The Morgan fingerprint density at radius 3 is 2.60 bits per heavy atom. The van der Waals surface area contributed by atoms with Crippen molar-refractivity contribution in [1.82, 2.24) is 10.2 Å². The summed E-state index contributed by atoms with van der Waals surface area (Å²) in [6.45, 7) is 6.83. The third-order valence-electron chi connectivity index (χ3n) is 2.86. The maximum Gasteiger partial charge on any atom is 0.236 e. The highest BCUT2D eigenvalue weighted by Gasteiger charge is 2.15. The highest BCUT2D eigenvalue weighted by molar-refractivity contribution is 5.78. The molecule has 1 rings (SSSR count). The molecule has 0 saturated carbocycles. The molecule has 0 heterocycles. The van der Waals surface area contributed by atoms with E-state index >= 15 is 0 Å². The summed E-state index contributed by atoms with van der Waals surface area (Å²) in [7, 11) is 3.26. The van der Waals surface area contributed by atoms with Crippen molar-refractivity contribution in [3.05, 3.63) is 23.8 Å². The number of aromatic hydroxyl groups is 1. The first-order chi connectivity index (χ1) is 9.23. The van der Waals surface area contributed by atoms with E-state index < -0.39 is 0 Å². The molecule has 0 spiro atoms. The Morgan fingerprint density at radius 1 is 1.40 bits per heavy atom. The second-order valence-corrected chi connectivity index (χ2v) is 5.86. The number of phenols is 1. The molecule has 2 N–H and O–H groups in total. The van der Waals surface area contributed by atoms with Gasteiger partial charge in [-0.1, -0.05) is 6.07 Å². The number of nitrogens with one attached hydrogen (secondary N) is 1. The molecule has 0 aliphatic heterocycles. The van der Waals surface area contributed by atoms with Crippen molar-refractivity contribution in [2.45, 2.75) is 32.9 Å². The molecule has 112 valence electrons. The number of hydrogen-bond donors (Lipinski definition) is 2. The molecule has 0 saturated heterocycles. The van der Waals surface area contributed by atoms with E-state index in [9.17, 15) is 9.90 Å². The Bertz CT molecular complexity index is 467. The third kappa shape index (κ3) is 5.09. The van der Waals surface area contributed by atoms with Gasteiger partial charge in [0.2, 0.25) is 5.91 Å². The summed E-state index contributed by atoms with van der Waals surface area (Å²) >= 11 is 0. The van der Waals surface area contributed by atoms with Gasteiger partial charge in [0.05, 0.1) is 13.7 Å². The lowest BCUT2D eigenvalue weighted by molar-refractivity contribution is -0.129. The number of benzene rings is 1. The topological polar surface area (TPSA) is 61.8 Å². The average Bonchev–Trinajstić information content (AvgIpc) is 2.37. The van der Waals surface area contributed by atoms with Gasteiger partial charge in [0.15, 0.2) is 11.5 Å². The number of methoxy groups -OCH3 is 1. The summed E-state index contributed by atoms with van der Waals surface area (Å²) in [6, 6.07) is 5.08. The average molecular weight is 280 g/mol. The second-order valence-electron chi connectivity index (χ2n) is 5.86. The highest BCUT2D eigenvalue weighted by Crippen LogP contribution is 2.26. The van der Waals surface area contributed by atoms with Gasteiger partial charge >= 0.3 is 0 Å². The van der Waals surface area contributed by atoms with Crippen LogP contribution in [0.15, 0.2) is 18.2 Å². The molecule has 1 aromatic rings. The van der Waals surface area contributed by atoms with E-state index in [4.69, 9.17) is 4.74 Å². The van der Waals surface area contributed by atoms with Gasteiger partial charge < -0.3 is 20.1 Å². The Balaban J connectivity index is 2.61. The molecule has 0 aromatic heterocycles. The van der Waals surface area contributed by atoms with E-state index in [0.29, 0.717) is 18.8 Å². The van der Waals surface area contributed by atoms with Crippen molar-refractivity contribution in [2.24, 2.45) is 0 Å². The zero-order chi connectivity index (χ0) is 15.3. The summed E-state index contributed by atoms with van der Waals surface area (Å²) in [5, 5.41) is 12.7. The van der Waals surface area contributed by atoms with Gasteiger partial charge in [-0.3, -0.25) is 4.79 Å². The van der Waals surface area contributed by atoms with Crippen molar-refractivity contribution in [1.29, 1.82) is 0 Å². The van der Waals surface area contributed by atoms with Crippen LogP contribution in [0.4, 0.5) is 0 Å². The molecule has 0 unspecified atom stereocenters. The molecule has 1 aromatic carbocycles. The van der Waals surface area contributed by atoms with E-state index in [-0.39, 0.29) is 17.2 Å². The molecule has 0 radical (unpaired) electrons. The lowest BCUT2D eigenvalue weighted by atomic mass is 10.1. The normalized spacial score (nSPS) is 11.2. The molecule has 0 aliphatic carbocycles. The number of likely N-dealkylation sites (N-methyl/N-ethyl adjacent to an activating group) is 1. The first kappa shape index (κ1) is 16.3. The van der Waals surface area contributed by atoms with Gasteiger partial charge in [-0.15, -0.1) is 0 Å². The SMILES string of the molecule is COc1cc(CN(C)C(=O)CNC(C)(C)C)ccc1O. The Hall–Kier alpha value is -1.75. The maximum atomic E-state index is 12.0. The molecular weight excluding hydrogens is 256 g/mol. The summed E-state index contributed by atoms with van der Waals surface area (Å²) in [4.78, 5) is 13.6. The predicted molar refractivity (Wildman–Crippen MR) is 78.9 cm³/mol. The number of carbonyl (C=O) groups is 1. The fourth-order valence-electron chi connectivity index (χ4n) is 1.66. The molecule has 1 amide bonds. The lowest BCUT2D eigenvalue weighted by Crippen LogP contribution is -2.43. The van der Waals surface area contributed by atoms with Crippen LogP contribution < -0.4 is 10.1 Å². The van der Waals surface area contributed by atoms with Crippen LogP contribution in [0.3, 0.4) is 0 Å². The predicted octanol–water partition coefficient (Wildman–Crippen LogP) is 1.75. The first-order valence-electron chi connectivity index (χ1n) is 6.58. The Kier molecular flexibility index (Phi) is 5.39. The number of rotatable bonds is 5. The maximum absolute atomic E-state index is 12.0. The van der Waals surface area contributed by atoms with Gasteiger partial charge in [-0.2, -0.15) is 0 Å². The standard InChI is InChI=1S/C15H24N2O3/c1-15(2,3)16-9-14(19)17(4)10-11-6-7-12(18)13(8-11)20-5/h6-8,16,18H,9-10H2,1-5H3. The number of amides is 1. The van der Waals surface area contributed by atoms with Crippen LogP contribution in [0.25, 0.3) is 0 Å². The van der Waals surface area contributed by atoms with E-state index in [1.54, 1.807) is 30.1 Å². The zero-order valence-electron chi connectivity index (χ0n) is 12.9. The Morgan fingerprint density at radius 2 is 2.05 bits per heavy atom. The minimum Gasteiger partial charge on any atom is -0.504 e. The fraction of sp³-hybridized carbons (Fsp3) is 0.533. The van der Waals surface area contributed by atoms with Crippen molar-refractivity contribution >= 4 is 5.91 Å². The van der Waals surface area contributed by atoms with Crippen LogP contribution in [0.5, 0.6) is 11.5 Å². The third-order valence-corrected chi connectivity index (χ3v) is 2.86. The molecule has 0 fully saturated rings. The van der Waals surface area contributed by atoms with Gasteiger partial charge in [-0.25, -0.2) is 0 Å². The minimum atomic E-state index is -0.0851. The molecule has 5 nitrogen and oxygen atoms in total. The molecule has 0 aliphatic rings. The summed E-state index contributed by atoms with van der Waals surface area (Å²) in [5.41, 5.74) is 0.824. The van der Waals surface area contributed by atoms with Crippen LogP contribution in [-0.4, -0.2) is 42.2 Å². The summed E-state index contributed by atoms with van der Waals surface area (Å²) < 4.78 is 5.05. The highest BCUT2D eigenvalue weighted by atomic mass is 16.5. The quantitative estimate of drug-likeness (QED) is 0.862. The minimum absolute atomic E-state index is 0.0203. The van der Waals surface area contributed by atoms with Gasteiger partial charge in [0.25, 0.3) is 0 Å². The second kappa shape index (κ2) is 6.61. The van der Waals surface area contributed by atoms with Crippen LogP contribution in [-0.2, 0) is 11.3 Å². The Labute approximate surface area is 120 Å². The van der Waals surface area contributed by atoms with Crippen molar-refractivity contribution in [2.75, 3.05) is 20.7 Å². The van der Waals surface area contributed by atoms with E-state index in [2.05, 4.69) is 5.32 Å². The van der Waals surface area contributed by atoms with E-state index in [1.807, 2.05) is 20.8 Å². The van der Waals surface area contributed by atoms with Crippen LogP contribution in [0.1, 0.15) is 26.3 Å². The fourth-order valence-corrected chi connectivity index (χ4v) is 1.66. The molecular formula is C15H24N2O3. The molecule has 5 heteroatoms. The van der Waals surface area contributed by atoms with Gasteiger partial charge in [0, 0.05) is 19.1 Å². The summed E-state index contributed by atoms with van der Waals surface area (Å²) in [5.74, 6) is 0.530. The zero-order valence-corrected chi connectivity index (χ0v) is 12.9.